The lowest BCUT2D eigenvalue weighted by Gasteiger charge is -2.05. The van der Waals surface area contributed by atoms with E-state index in [0.29, 0.717) is 19.4 Å². The summed E-state index contributed by atoms with van der Waals surface area (Å²) in [5.74, 6) is -0.500. The van der Waals surface area contributed by atoms with Crippen LogP contribution in [0.15, 0.2) is 12.4 Å². The zero-order valence-corrected chi connectivity index (χ0v) is 11.8. The van der Waals surface area contributed by atoms with Crippen LogP contribution in [-0.2, 0) is 20.9 Å². The highest BCUT2D eigenvalue weighted by Gasteiger charge is 2.10. The number of unbranched alkanes of at least 4 members (excludes halogenated alkanes) is 2. The molecule has 1 aromatic heterocycles. The predicted octanol–water partition coefficient (Wildman–Crippen LogP) is 0.641. The normalized spacial score (nSPS) is 10.1. The maximum atomic E-state index is 11.6. The van der Waals surface area contributed by atoms with Gasteiger partial charge in [0.05, 0.1) is 12.0 Å². The van der Waals surface area contributed by atoms with Gasteiger partial charge in [0.1, 0.15) is 18.9 Å². The molecule has 0 bridgehead atoms. The lowest BCUT2D eigenvalue weighted by atomic mass is 10.2. The fraction of sp³-hybridized carbons (Fsp3) is 0.583. The van der Waals surface area contributed by atoms with E-state index in [-0.39, 0.29) is 24.1 Å². The summed E-state index contributed by atoms with van der Waals surface area (Å²) in [5.41, 5.74) is -0.148. The molecule has 1 amide bonds. The van der Waals surface area contributed by atoms with Gasteiger partial charge in [0, 0.05) is 13.0 Å². The highest BCUT2D eigenvalue weighted by Crippen LogP contribution is 2.07. The average Bonchev–Trinajstić information content (AvgIpc) is 2.90. The fourth-order valence-corrected chi connectivity index (χ4v) is 1.64. The molecule has 9 heteroatoms. The van der Waals surface area contributed by atoms with Crippen LogP contribution in [0.25, 0.3) is 0 Å². The van der Waals surface area contributed by atoms with E-state index in [1.54, 1.807) is 0 Å². The third kappa shape index (κ3) is 6.50. The third-order valence-electron chi connectivity index (χ3n) is 2.74. The van der Waals surface area contributed by atoms with E-state index in [4.69, 9.17) is 0 Å². The molecule has 0 fully saturated rings. The number of nitro groups is 1. The summed E-state index contributed by atoms with van der Waals surface area (Å²) in [6, 6.07) is 0. The van der Waals surface area contributed by atoms with Crippen molar-refractivity contribution in [2.45, 2.75) is 32.2 Å². The summed E-state index contributed by atoms with van der Waals surface area (Å²) in [6.07, 6.45) is 4.95. The number of rotatable bonds is 9. The molecule has 1 aromatic rings. The molecule has 0 aromatic carbocycles. The maximum absolute atomic E-state index is 11.6. The number of aromatic nitrogens is 2. The summed E-state index contributed by atoms with van der Waals surface area (Å²) in [6.45, 7) is 0.430. The number of methoxy groups -OCH3 is 1. The van der Waals surface area contributed by atoms with Gasteiger partial charge in [0.2, 0.25) is 5.91 Å². The van der Waals surface area contributed by atoms with Crippen LogP contribution < -0.4 is 5.32 Å². The molecule has 0 aliphatic carbocycles. The number of nitrogens with one attached hydrogen (secondary N) is 1. The van der Waals surface area contributed by atoms with E-state index < -0.39 is 4.92 Å². The Morgan fingerprint density at radius 2 is 2.19 bits per heavy atom. The van der Waals surface area contributed by atoms with Crippen LogP contribution in [0.4, 0.5) is 5.69 Å². The highest BCUT2D eigenvalue weighted by molar-refractivity contribution is 5.75. The second-order valence-electron chi connectivity index (χ2n) is 4.39. The van der Waals surface area contributed by atoms with Gasteiger partial charge >= 0.3 is 11.7 Å². The van der Waals surface area contributed by atoms with E-state index in [1.165, 1.54) is 18.0 Å². The second-order valence-corrected chi connectivity index (χ2v) is 4.39. The Bertz CT molecular complexity index is 500. The molecule has 116 valence electrons. The monoisotopic (exact) mass is 298 g/mol. The Labute approximate surface area is 121 Å². The zero-order valence-electron chi connectivity index (χ0n) is 11.8. The lowest BCUT2D eigenvalue weighted by molar-refractivity contribution is -0.385. The molecule has 0 saturated heterocycles. The topological polar surface area (TPSA) is 116 Å². The molecule has 0 saturated carbocycles. The minimum Gasteiger partial charge on any atom is -0.469 e. The van der Waals surface area contributed by atoms with Crippen molar-refractivity contribution in [1.29, 1.82) is 0 Å². The summed E-state index contributed by atoms with van der Waals surface area (Å²) < 4.78 is 5.73. The SMILES string of the molecule is COC(=O)CCCCCNC(=O)Cn1cc([N+](=O)[O-])cn1. The van der Waals surface area contributed by atoms with E-state index >= 15 is 0 Å². The Morgan fingerprint density at radius 1 is 1.43 bits per heavy atom. The van der Waals surface area contributed by atoms with E-state index in [2.05, 4.69) is 15.2 Å². The summed E-state index contributed by atoms with van der Waals surface area (Å²) in [7, 11) is 1.35. The second kappa shape index (κ2) is 8.67. The number of carbonyl (C=O) groups is 2. The smallest absolute Gasteiger partial charge is 0.307 e. The number of hydrogen-bond donors (Lipinski definition) is 1. The van der Waals surface area contributed by atoms with E-state index in [1.807, 2.05) is 0 Å². The number of carbonyl (C=O) groups excluding carboxylic acids is 2. The first-order valence-corrected chi connectivity index (χ1v) is 6.53. The van der Waals surface area contributed by atoms with Crippen molar-refractivity contribution in [2.24, 2.45) is 0 Å². The molecule has 0 radical (unpaired) electrons. The van der Waals surface area contributed by atoms with Crippen molar-refractivity contribution in [3.05, 3.63) is 22.5 Å². The molecule has 0 aliphatic heterocycles. The predicted molar refractivity (Wildman–Crippen MR) is 72.4 cm³/mol. The maximum Gasteiger partial charge on any atom is 0.307 e. The standard InChI is InChI=1S/C12H18N4O5/c1-21-12(18)5-3-2-4-6-13-11(17)9-15-8-10(7-14-15)16(19)20/h7-8H,2-6,9H2,1H3,(H,13,17). The number of hydrogen-bond acceptors (Lipinski definition) is 6. The Hall–Kier alpha value is -2.45. The molecule has 0 atom stereocenters. The fourth-order valence-electron chi connectivity index (χ4n) is 1.64. The van der Waals surface area contributed by atoms with E-state index in [0.717, 1.165) is 19.0 Å². The third-order valence-corrected chi connectivity index (χ3v) is 2.74. The molecule has 1 heterocycles. The molecule has 21 heavy (non-hydrogen) atoms. The van der Waals surface area contributed by atoms with Crippen molar-refractivity contribution in [3.8, 4) is 0 Å². The van der Waals surface area contributed by atoms with Gasteiger partial charge in [-0.15, -0.1) is 0 Å². The quantitative estimate of drug-likeness (QED) is 0.309. The van der Waals surface area contributed by atoms with Crippen LogP contribution >= 0.6 is 0 Å². The summed E-state index contributed by atoms with van der Waals surface area (Å²) in [5, 5.41) is 16.9. The van der Waals surface area contributed by atoms with E-state index in [9.17, 15) is 19.7 Å². The molecule has 9 nitrogen and oxygen atoms in total. The molecule has 0 unspecified atom stereocenters. The van der Waals surface area contributed by atoms with Crippen LogP contribution in [0.5, 0.6) is 0 Å². The van der Waals surface area contributed by atoms with Gasteiger partial charge in [-0.25, -0.2) is 0 Å². The van der Waals surface area contributed by atoms with Crippen molar-refractivity contribution in [2.75, 3.05) is 13.7 Å². The first-order chi connectivity index (χ1) is 10.0. The molecule has 1 rings (SSSR count). The number of esters is 1. The minimum absolute atomic E-state index is 0.0595. The highest BCUT2D eigenvalue weighted by atomic mass is 16.6. The van der Waals surface area contributed by atoms with Gasteiger partial charge in [0.15, 0.2) is 0 Å². The first kappa shape index (κ1) is 16.6. The van der Waals surface area contributed by atoms with Gasteiger partial charge in [0.25, 0.3) is 0 Å². The van der Waals surface area contributed by atoms with Gasteiger partial charge in [-0.05, 0) is 12.8 Å². The average molecular weight is 298 g/mol. The van der Waals surface area contributed by atoms with Crippen LogP contribution in [0.3, 0.4) is 0 Å². The minimum atomic E-state index is -0.567. The van der Waals surface area contributed by atoms with Gasteiger partial charge in [-0.1, -0.05) is 6.42 Å². The Morgan fingerprint density at radius 3 is 2.81 bits per heavy atom. The first-order valence-electron chi connectivity index (χ1n) is 6.53. The zero-order chi connectivity index (χ0) is 15.7. The summed E-state index contributed by atoms with van der Waals surface area (Å²) in [4.78, 5) is 32.3. The van der Waals surface area contributed by atoms with Crippen molar-refractivity contribution >= 4 is 17.6 Å². The van der Waals surface area contributed by atoms with Gasteiger partial charge in [-0.2, -0.15) is 5.10 Å². The van der Waals surface area contributed by atoms with Crippen LogP contribution in [0, 0.1) is 10.1 Å². The lowest BCUT2D eigenvalue weighted by Crippen LogP contribution is -2.28. The molecular formula is C12H18N4O5. The number of ether oxygens (including phenoxy) is 1. The van der Waals surface area contributed by atoms with Crippen LogP contribution in [0.2, 0.25) is 0 Å². The molecular weight excluding hydrogens is 280 g/mol. The molecule has 0 aliphatic rings. The summed E-state index contributed by atoms with van der Waals surface area (Å²) >= 11 is 0. The van der Waals surface area contributed by atoms with Crippen molar-refractivity contribution < 1.29 is 19.2 Å². The Balaban J connectivity index is 2.13. The van der Waals surface area contributed by atoms with Crippen LogP contribution in [0.1, 0.15) is 25.7 Å². The molecule has 0 spiro atoms. The molecule has 1 N–H and O–H groups in total. The van der Waals surface area contributed by atoms with Crippen molar-refractivity contribution in [3.63, 3.8) is 0 Å². The Kier molecular flexibility index (Phi) is 6.85. The number of nitrogens with zero attached hydrogens (tertiary/aromatic N) is 3. The van der Waals surface area contributed by atoms with Gasteiger partial charge in [-0.3, -0.25) is 24.4 Å². The van der Waals surface area contributed by atoms with Crippen LogP contribution in [-0.4, -0.2) is 40.2 Å². The largest absolute Gasteiger partial charge is 0.469 e. The van der Waals surface area contributed by atoms with Gasteiger partial charge < -0.3 is 10.1 Å². The number of amides is 1. The van der Waals surface area contributed by atoms with Crippen molar-refractivity contribution in [1.82, 2.24) is 15.1 Å².